The van der Waals surface area contributed by atoms with Gasteiger partial charge >= 0.3 is 5.97 Å². The molecule has 1 aromatic carbocycles. The number of halogens is 1. The average molecular weight is 347 g/mol. The minimum absolute atomic E-state index is 0.0370. The summed E-state index contributed by atoms with van der Waals surface area (Å²) in [5.41, 5.74) is 1.09. The maximum absolute atomic E-state index is 13.3. The Kier molecular flexibility index (Phi) is 5.32. The van der Waals surface area contributed by atoms with Gasteiger partial charge in [0.2, 0.25) is 6.10 Å². The van der Waals surface area contributed by atoms with Crippen LogP contribution in [0.1, 0.15) is 37.6 Å². The largest absolute Gasteiger partial charge is 0.455 e. The van der Waals surface area contributed by atoms with Crippen LogP contribution in [-0.2, 0) is 27.5 Å². The maximum Gasteiger partial charge on any atom is 0.351 e. The van der Waals surface area contributed by atoms with Gasteiger partial charge in [0.25, 0.3) is 0 Å². The molecule has 8 nitrogen and oxygen atoms in total. The smallest absolute Gasteiger partial charge is 0.351 e. The van der Waals surface area contributed by atoms with E-state index in [4.69, 9.17) is 9.57 Å². The molecule has 1 aliphatic heterocycles. The van der Waals surface area contributed by atoms with Crippen LogP contribution in [0.3, 0.4) is 0 Å². The van der Waals surface area contributed by atoms with Gasteiger partial charge in [-0.1, -0.05) is 30.6 Å². The minimum Gasteiger partial charge on any atom is -0.455 e. The predicted octanol–water partition coefficient (Wildman–Crippen LogP) is 1.85. The average Bonchev–Trinajstić information content (AvgIpc) is 3.27. The lowest BCUT2D eigenvalue weighted by atomic mass is 10.1. The molecule has 0 bridgehead atoms. The fourth-order valence-corrected chi connectivity index (χ4v) is 2.38. The third-order valence-corrected chi connectivity index (χ3v) is 3.76. The maximum atomic E-state index is 13.3. The van der Waals surface area contributed by atoms with E-state index in [0.29, 0.717) is 23.6 Å². The number of nitrogens with zero attached hydrogens (tertiary/aromatic N) is 5. The second-order valence-corrected chi connectivity index (χ2v) is 5.63. The van der Waals surface area contributed by atoms with E-state index in [-0.39, 0.29) is 18.8 Å². The van der Waals surface area contributed by atoms with Crippen molar-refractivity contribution >= 4 is 11.7 Å². The molecule has 1 aromatic heterocycles. The van der Waals surface area contributed by atoms with Crippen molar-refractivity contribution in [3.05, 3.63) is 41.5 Å². The van der Waals surface area contributed by atoms with Gasteiger partial charge in [-0.25, -0.2) is 13.9 Å². The number of unbranched alkanes of at least 4 members (excludes halogenated alkanes) is 1. The first-order valence-corrected chi connectivity index (χ1v) is 8.07. The molecular formula is C16H18FN5O3. The van der Waals surface area contributed by atoms with Gasteiger partial charge in [0.05, 0.1) is 5.71 Å². The van der Waals surface area contributed by atoms with E-state index in [1.807, 2.05) is 0 Å². The molecule has 0 amide bonds. The Balaban J connectivity index is 1.53. The van der Waals surface area contributed by atoms with Crippen LogP contribution in [0.25, 0.3) is 0 Å². The fraction of sp³-hybridized carbons (Fsp3) is 0.438. The first-order valence-electron chi connectivity index (χ1n) is 8.07. The number of hydrogen-bond acceptors (Lipinski definition) is 7. The first kappa shape index (κ1) is 17.0. The van der Waals surface area contributed by atoms with Crippen LogP contribution >= 0.6 is 0 Å². The molecule has 132 valence electrons. The first-order chi connectivity index (χ1) is 12.2. The molecule has 25 heavy (non-hydrogen) atoms. The highest BCUT2D eigenvalue weighted by atomic mass is 19.1. The number of carbonyl (C=O) groups is 1. The molecule has 2 aromatic rings. The van der Waals surface area contributed by atoms with Gasteiger partial charge in [0.1, 0.15) is 5.82 Å². The van der Waals surface area contributed by atoms with Crippen LogP contribution in [0, 0.1) is 5.82 Å². The molecule has 2 heterocycles. The molecule has 1 aliphatic rings. The lowest BCUT2D eigenvalue weighted by molar-refractivity contribution is -0.157. The molecule has 0 fully saturated rings. The van der Waals surface area contributed by atoms with Crippen LogP contribution in [0.15, 0.2) is 29.4 Å². The summed E-state index contributed by atoms with van der Waals surface area (Å²) in [6.45, 7) is 2.70. The molecule has 0 saturated heterocycles. The highest BCUT2D eigenvalue weighted by molar-refractivity contribution is 6.03. The number of oxime groups is 1. The lowest BCUT2D eigenvalue weighted by Crippen LogP contribution is -2.24. The molecule has 3 rings (SSSR count). The quantitative estimate of drug-likeness (QED) is 0.710. The van der Waals surface area contributed by atoms with Crippen molar-refractivity contribution in [2.24, 2.45) is 5.16 Å². The number of rotatable bonds is 7. The van der Waals surface area contributed by atoms with E-state index >= 15 is 0 Å². The van der Waals surface area contributed by atoms with Crippen molar-refractivity contribution in [2.75, 3.05) is 0 Å². The molecule has 0 saturated carbocycles. The number of aryl methyl sites for hydroxylation is 1. The summed E-state index contributed by atoms with van der Waals surface area (Å²) in [5.74, 6) is -0.448. The second-order valence-electron chi connectivity index (χ2n) is 5.63. The number of aromatic nitrogens is 4. The Morgan fingerprint density at radius 3 is 3.16 bits per heavy atom. The van der Waals surface area contributed by atoms with Crippen molar-refractivity contribution in [1.29, 1.82) is 0 Å². The molecule has 1 atom stereocenters. The number of tetrazole rings is 1. The summed E-state index contributed by atoms with van der Waals surface area (Å²) in [6, 6.07) is 5.97. The molecular weight excluding hydrogens is 329 g/mol. The highest BCUT2D eigenvalue weighted by Gasteiger charge is 2.30. The van der Waals surface area contributed by atoms with Crippen molar-refractivity contribution in [3.8, 4) is 0 Å². The van der Waals surface area contributed by atoms with Gasteiger partial charge in [-0.3, -0.25) is 0 Å². The van der Waals surface area contributed by atoms with Crippen molar-refractivity contribution in [1.82, 2.24) is 20.2 Å². The fourth-order valence-electron chi connectivity index (χ4n) is 2.38. The number of hydrogen-bond donors (Lipinski definition) is 0. The zero-order chi connectivity index (χ0) is 17.6. The van der Waals surface area contributed by atoms with E-state index < -0.39 is 12.1 Å². The van der Waals surface area contributed by atoms with Crippen LogP contribution < -0.4 is 0 Å². The van der Waals surface area contributed by atoms with Crippen molar-refractivity contribution in [3.63, 3.8) is 0 Å². The zero-order valence-corrected chi connectivity index (χ0v) is 13.8. The topological polar surface area (TPSA) is 91.5 Å². The van der Waals surface area contributed by atoms with Crippen molar-refractivity contribution in [2.45, 2.75) is 45.4 Å². The summed E-state index contributed by atoms with van der Waals surface area (Å²) in [5, 5.41) is 15.2. The summed E-state index contributed by atoms with van der Waals surface area (Å²) in [4.78, 5) is 17.3. The lowest BCUT2D eigenvalue weighted by Gasteiger charge is -2.08. The number of benzene rings is 1. The number of ether oxygens (including phenoxy) is 1. The van der Waals surface area contributed by atoms with E-state index in [1.54, 1.807) is 16.8 Å². The van der Waals surface area contributed by atoms with Crippen LogP contribution in [0.5, 0.6) is 0 Å². The van der Waals surface area contributed by atoms with E-state index in [9.17, 15) is 9.18 Å². The van der Waals surface area contributed by atoms with Crippen LogP contribution in [-0.4, -0.2) is 38.0 Å². The van der Waals surface area contributed by atoms with Crippen molar-refractivity contribution < 1.29 is 18.8 Å². The molecule has 0 aliphatic carbocycles. The third kappa shape index (κ3) is 4.17. The van der Waals surface area contributed by atoms with Gasteiger partial charge in [0, 0.05) is 18.5 Å². The van der Waals surface area contributed by atoms with E-state index in [2.05, 4.69) is 27.6 Å². The minimum atomic E-state index is -0.849. The molecule has 0 spiro atoms. The SMILES string of the molecule is CCCCn1nnnc1COC(=O)C1CC(c2cccc(F)c2)=NO1. The summed E-state index contributed by atoms with van der Waals surface area (Å²) in [6.07, 6.45) is 1.32. The Morgan fingerprint density at radius 2 is 2.36 bits per heavy atom. The Morgan fingerprint density at radius 1 is 1.48 bits per heavy atom. The van der Waals surface area contributed by atoms with Crippen LogP contribution in [0.4, 0.5) is 4.39 Å². The highest BCUT2D eigenvalue weighted by Crippen LogP contribution is 2.18. The Labute approximate surface area is 143 Å². The van der Waals surface area contributed by atoms with Gasteiger partial charge < -0.3 is 9.57 Å². The zero-order valence-electron chi connectivity index (χ0n) is 13.8. The summed E-state index contributed by atoms with van der Waals surface area (Å²) < 4.78 is 20.1. The standard InChI is InChI=1S/C16H18FN5O3/c1-2-3-7-22-15(18-20-21-22)10-24-16(23)14-9-13(19-25-14)11-5-4-6-12(17)8-11/h4-6,8,14H,2-3,7,9-10H2,1H3. The monoisotopic (exact) mass is 347 g/mol. The molecule has 9 heteroatoms. The Bertz CT molecular complexity index is 777. The number of carbonyl (C=O) groups excluding carboxylic acids is 1. The summed E-state index contributed by atoms with van der Waals surface area (Å²) >= 11 is 0. The van der Waals surface area contributed by atoms with Gasteiger partial charge in [-0.15, -0.1) is 5.10 Å². The number of esters is 1. The summed E-state index contributed by atoms with van der Waals surface area (Å²) in [7, 11) is 0. The van der Waals surface area contributed by atoms with Gasteiger partial charge in [-0.2, -0.15) is 0 Å². The molecule has 1 unspecified atom stereocenters. The predicted molar refractivity (Wildman–Crippen MR) is 84.9 cm³/mol. The molecule has 0 radical (unpaired) electrons. The van der Waals surface area contributed by atoms with E-state index in [1.165, 1.54) is 12.1 Å². The van der Waals surface area contributed by atoms with E-state index in [0.717, 1.165) is 12.8 Å². The van der Waals surface area contributed by atoms with Gasteiger partial charge in [0.15, 0.2) is 12.4 Å². The molecule has 0 N–H and O–H groups in total. The van der Waals surface area contributed by atoms with Gasteiger partial charge in [-0.05, 0) is 29.0 Å². The van der Waals surface area contributed by atoms with Crippen LogP contribution in [0.2, 0.25) is 0 Å². The Hall–Kier alpha value is -2.84. The second kappa shape index (κ2) is 7.82. The normalized spacial score (nSPS) is 16.4. The third-order valence-electron chi connectivity index (χ3n) is 3.76.